The van der Waals surface area contributed by atoms with Crippen LogP contribution in [0.5, 0.6) is 5.75 Å². The smallest absolute Gasteiger partial charge is 0.401 e. The van der Waals surface area contributed by atoms with Gasteiger partial charge in [-0.05, 0) is 18.1 Å². The third-order valence-electron chi connectivity index (χ3n) is 2.20. The molecule has 0 amide bonds. The lowest BCUT2D eigenvalue weighted by molar-refractivity contribution is -0.124. The van der Waals surface area contributed by atoms with Gasteiger partial charge in [-0.2, -0.15) is 13.2 Å². The summed E-state index contributed by atoms with van der Waals surface area (Å²) in [5, 5.41) is 2.28. The highest BCUT2D eigenvalue weighted by Crippen LogP contribution is 2.18. The van der Waals surface area contributed by atoms with E-state index in [1.807, 2.05) is 18.2 Å². The first-order chi connectivity index (χ1) is 8.53. The molecule has 1 aromatic rings. The van der Waals surface area contributed by atoms with Crippen LogP contribution in [0.4, 0.5) is 13.2 Å². The monoisotopic (exact) mass is 259 g/mol. The average Bonchev–Trinajstić information content (AvgIpc) is 2.29. The van der Waals surface area contributed by atoms with E-state index in [2.05, 4.69) is 11.9 Å². The molecule has 100 valence electrons. The van der Waals surface area contributed by atoms with Crippen LogP contribution in [0.25, 0.3) is 0 Å². The number of nitrogens with one attached hydrogen (secondary N) is 1. The molecule has 0 spiro atoms. The van der Waals surface area contributed by atoms with Gasteiger partial charge in [-0.25, -0.2) is 0 Å². The summed E-state index contributed by atoms with van der Waals surface area (Å²) in [6, 6.07) is 7.40. The summed E-state index contributed by atoms with van der Waals surface area (Å²) in [6.45, 7) is 3.00. The van der Waals surface area contributed by atoms with E-state index in [4.69, 9.17) is 4.74 Å². The number of hydrogen-bond acceptors (Lipinski definition) is 2. The molecular weight excluding hydrogens is 243 g/mol. The van der Waals surface area contributed by atoms with Gasteiger partial charge in [0.15, 0.2) is 0 Å². The highest BCUT2D eigenvalue weighted by Gasteiger charge is 2.25. The third-order valence-corrected chi connectivity index (χ3v) is 2.20. The second-order valence-corrected chi connectivity index (χ2v) is 3.74. The summed E-state index contributed by atoms with van der Waals surface area (Å²) in [6.07, 6.45) is -1.75. The SMILES string of the molecule is C=CCc1ccccc1OCCNCC(F)(F)F. The van der Waals surface area contributed by atoms with Crippen molar-refractivity contribution in [3.63, 3.8) is 0 Å². The van der Waals surface area contributed by atoms with Crippen molar-refractivity contribution >= 4 is 0 Å². The Bertz CT molecular complexity index is 377. The van der Waals surface area contributed by atoms with Gasteiger partial charge in [0.2, 0.25) is 0 Å². The zero-order chi connectivity index (χ0) is 13.4. The van der Waals surface area contributed by atoms with E-state index in [0.29, 0.717) is 12.2 Å². The zero-order valence-electron chi connectivity index (χ0n) is 9.96. The van der Waals surface area contributed by atoms with Gasteiger partial charge in [-0.15, -0.1) is 6.58 Å². The van der Waals surface area contributed by atoms with E-state index in [9.17, 15) is 13.2 Å². The van der Waals surface area contributed by atoms with E-state index in [-0.39, 0.29) is 13.2 Å². The number of benzene rings is 1. The van der Waals surface area contributed by atoms with Crippen molar-refractivity contribution in [1.82, 2.24) is 5.32 Å². The number of alkyl halides is 3. The van der Waals surface area contributed by atoms with Crippen LogP contribution in [0.1, 0.15) is 5.56 Å². The molecule has 5 heteroatoms. The fraction of sp³-hybridized carbons (Fsp3) is 0.385. The Morgan fingerprint density at radius 2 is 2.00 bits per heavy atom. The van der Waals surface area contributed by atoms with Gasteiger partial charge in [0.1, 0.15) is 12.4 Å². The van der Waals surface area contributed by atoms with Crippen LogP contribution in [0.3, 0.4) is 0 Å². The molecule has 18 heavy (non-hydrogen) atoms. The molecule has 0 radical (unpaired) electrons. The minimum atomic E-state index is -4.18. The summed E-state index contributed by atoms with van der Waals surface area (Å²) < 4.78 is 41.0. The largest absolute Gasteiger partial charge is 0.492 e. The van der Waals surface area contributed by atoms with E-state index >= 15 is 0 Å². The Morgan fingerprint density at radius 3 is 2.67 bits per heavy atom. The second kappa shape index (κ2) is 7.06. The molecule has 0 aliphatic heterocycles. The molecule has 0 unspecified atom stereocenters. The average molecular weight is 259 g/mol. The lowest BCUT2D eigenvalue weighted by Gasteiger charge is -2.11. The minimum absolute atomic E-state index is 0.155. The van der Waals surface area contributed by atoms with E-state index in [0.717, 1.165) is 5.56 Å². The van der Waals surface area contributed by atoms with Crippen molar-refractivity contribution in [2.75, 3.05) is 19.7 Å². The van der Waals surface area contributed by atoms with Gasteiger partial charge in [-0.3, -0.25) is 0 Å². The topological polar surface area (TPSA) is 21.3 Å². The Hall–Kier alpha value is -1.49. The predicted molar refractivity (Wildman–Crippen MR) is 64.8 cm³/mol. The lowest BCUT2D eigenvalue weighted by atomic mass is 10.1. The summed E-state index contributed by atoms with van der Waals surface area (Å²) in [7, 11) is 0. The first-order valence-corrected chi connectivity index (χ1v) is 5.62. The normalized spacial score (nSPS) is 11.3. The fourth-order valence-corrected chi connectivity index (χ4v) is 1.43. The van der Waals surface area contributed by atoms with E-state index < -0.39 is 12.7 Å². The lowest BCUT2D eigenvalue weighted by Crippen LogP contribution is -2.31. The van der Waals surface area contributed by atoms with Crippen molar-refractivity contribution in [3.05, 3.63) is 42.5 Å². The van der Waals surface area contributed by atoms with Gasteiger partial charge in [0.05, 0.1) is 6.54 Å². The number of halogens is 3. The van der Waals surface area contributed by atoms with Gasteiger partial charge in [0.25, 0.3) is 0 Å². The molecule has 1 N–H and O–H groups in total. The van der Waals surface area contributed by atoms with Crippen LogP contribution in [-0.2, 0) is 6.42 Å². The summed E-state index contributed by atoms with van der Waals surface area (Å²) in [5.74, 6) is 0.686. The molecule has 0 aromatic heterocycles. The highest BCUT2D eigenvalue weighted by molar-refractivity contribution is 5.34. The highest BCUT2D eigenvalue weighted by atomic mass is 19.4. The molecule has 0 atom stereocenters. The minimum Gasteiger partial charge on any atom is -0.492 e. The third kappa shape index (κ3) is 5.72. The van der Waals surface area contributed by atoms with Crippen molar-refractivity contribution < 1.29 is 17.9 Å². The molecule has 0 saturated carbocycles. The van der Waals surface area contributed by atoms with Crippen LogP contribution in [-0.4, -0.2) is 25.9 Å². The summed E-state index contributed by atoms with van der Waals surface area (Å²) >= 11 is 0. The standard InChI is InChI=1S/C13H16F3NO/c1-2-5-11-6-3-4-7-12(11)18-9-8-17-10-13(14,15)16/h2-4,6-7,17H,1,5,8-10H2. The molecule has 0 aliphatic carbocycles. The van der Waals surface area contributed by atoms with Crippen molar-refractivity contribution in [3.8, 4) is 5.75 Å². The number of para-hydroxylation sites is 1. The molecule has 0 heterocycles. The van der Waals surface area contributed by atoms with Gasteiger partial charge in [0, 0.05) is 6.54 Å². The maximum Gasteiger partial charge on any atom is 0.401 e. The summed E-state index contributed by atoms with van der Waals surface area (Å²) in [4.78, 5) is 0. The molecule has 0 aliphatic rings. The quantitative estimate of drug-likeness (QED) is 0.600. The maximum atomic E-state index is 11.9. The van der Waals surface area contributed by atoms with Crippen molar-refractivity contribution in [2.24, 2.45) is 0 Å². The molecule has 1 rings (SSSR count). The zero-order valence-corrected chi connectivity index (χ0v) is 9.96. The number of rotatable bonds is 7. The Labute approximate surface area is 104 Å². The Morgan fingerprint density at radius 1 is 1.28 bits per heavy atom. The Balaban J connectivity index is 2.33. The molecular formula is C13H16F3NO. The van der Waals surface area contributed by atoms with Gasteiger partial charge >= 0.3 is 6.18 Å². The van der Waals surface area contributed by atoms with Crippen molar-refractivity contribution in [1.29, 1.82) is 0 Å². The molecule has 0 saturated heterocycles. The fourth-order valence-electron chi connectivity index (χ4n) is 1.43. The van der Waals surface area contributed by atoms with Crippen LogP contribution >= 0.6 is 0 Å². The number of ether oxygens (including phenoxy) is 1. The number of hydrogen-bond donors (Lipinski definition) is 1. The van der Waals surface area contributed by atoms with Crippen LogP contribution < -0.4 is 10.1 Å². The molecule has 2 nitrogen and oxygen atoms in total. The van der Waals surface area contributed by atoms with Crippen LogP contribution in [0.15, 0.2) is 36.9 Å². The molecule has 1 aromatic carbocycles. The maximum absolute atomic E-state index is 11.9. The first kappa shape index (κ1) is 14.6. The second-order valence-electron chi connectivity index (χ2n) is 3.74. The predicted octanol–water partition coefficient (Wildman–Crippen LogP) is 2.95. The first-order valence-electron chi connectivity index (χ1n) is 5.62. The Kier molecular flexibility index (Phi) is 5.71. The van der Waals surface area contributed by atoms with Gasteiger partial charge < -0.3 is 10.1 Å². The van der Waals surface area contributed by atoms with E-state index in [1.54, 1.807) is 12.1 Å². The summed E-state index contributed by atoms with van der Waals surface area (Å²) in [5.41, 5.74) is 0.975. The van der Waals surface area contributed by atoms with Crippen molar-refractivity contribution in [2.45, 2.75) is 12.6 Å². The molecule has 0 fully saturated rings. The van der Waals surface area contributed by atoms with Crippen LogP contribution in [0.2, 0.25) is 0 Å². The van der Waals surface area contributed by atoms with E-state index in [1.165, 1.54) is 0 Å². The van der Waals surface area contributed by atoms with Crippen LogP contribution in [0, 0.1) is 0 Å². The van der Waals surface area contributed by atoms with Gasteiger partial charge in [-0.1, -0.05) is 24.3 Å². The number of allylic oxidation sites excluding steroid dienone is 1. The molecule has 0 bridgehead atoms.